The van der Waals surface area contributed by atoms with Crippen molar-refractivity contribution in [2.75, 3.05) is 6.54 Å². The molecule has 0 aromatic heterocycles. The molecule has 0 aliphatic rings. The van der Waals surface area contributed by atoms with Gasteiger partial charge in [-0.15, -0.1) is 0 Å². The molecule has 2 heteroatoms. The number of amides is 1. The van der Waals surface area contributed by atoms with Crippen LogP contribution < -0.4 is 5.32 Å². The van der Waals surface area contributed by atoms with Crippen molar-refractivity contribution in [1.29, 1.82) is 0 Å². The molecular weight excluding hydrogens is 378 g/mol. The molecule has 1 aromatic carbocycles. The van der Waals surface area contributed by atoms with Gasteiger partial charge in [0.2, 0.25) is 0 Å². The first-order chi connectivity index (χ1) is 15.3. The smallest absolute Gasteiger partial charge is 0.251 e. The van der Waals surface area contributed by atoms with E-state index in [-0.39, 0.29) is 5.91 Å². The van der Waals surface area contributed by atoms with Gasteiger partial charge in [0.1, 0.15) is 0 Å². The second-order valence-electron chi connectivity index (χ2n) is 9.36. The molecular formula is C29H51NO. The minimum atomic E-state index is 0.0722. The quantitative estimate of drug-likeness (QED) is 0.194. The molecule has 2 nitrogen and oxygen atoms in total. The molecule has 0 saturated heterocycles. The van der Waals surface area contributed by atoms with Gasteiger partial charge in [0.25, 0.3) is 5.91 Å². The minimum Gasteiger partial charge on any atom is -0.352 e. The maximum Gasteiger partial charge on any atom is 0.251 e. The number of rotatable bonds is 21. The van der Waals surface area contributed by atoms with Crippen LogP contribution in [0, 0.1) is 0 Å². The largest absolute Gasteiger partial charge is 0.352 e. The van der Waals surface area contributed by atoms with E-state index in [2.05, 4.69) is 31.3 Å². The molecule has 31 heavy (non-hydrogen) atoms. The molecule has 178 valence electrons. The van der Waals surface area contributed by atoms with Crippen molar-refractivity contribution in [2.45, 2.75) is 136 Å². The number of carbonyl (C=O) groups excluding carboxylic acids is 1. The standard InChI is InChI=1S/C29H51NO/c1-3-5-7-8-9-10-11-12-13-14-15-16-17-18-19-20-26-30-29(31)28-24-22-27(23-25-28)21-6-4-2/h22-25H,3-21,26H2,1-2H3,(H,30,31). The monoisotopic (exact) mass is 429 g/mol. The highest BCUT2D eigenvalue weighted by atomic mass is 16.1. The van der Waals surface area contributed by atoms with Crippen LogP contribution in [-0.4, -0.2) is 12.5 Å². The van der Waals surface area contributed by atoms with E-state index in [0.29, 0.717) is 0 Å². The molecule has 0 heterocycles. The van der Waals surface area contributed by atoms with Crippen LogP contribution in [0.2, 0.25) is 0 Å². The van der Waals surface area contributed by atoms with Crippen LogP contribution in [0.25, 0.3) is 0 Å². The van der Waals surface area contributed by atoms with Gasteiger partial charge < -0.3 is 5.32 Å². The molecule has 1 aromatic rings. The first kappa shape index (κ1) is 27.7. The number of hydrogen-bond donors (Lipinski definition) is 1. The summed E-state index contributed by atoms with van der Waals surface area (Å²) in [5.41, 5.74) is 2.12. The fourth-order valence-corrected chi connectivity index (χ4v) is 4.18. The fraction of sp³-hybridized carbons (Fsp3) is 0.759. The molecule has 1 rings (SSSR count). The normalized spacial score (nSPS) is 11.0. The van der Waals surface area contributed by atoms with Crippen LogP contribution in [0.5, 0.6) is 0 Å². The zero-order valence-electron chi connectivity index (χ0n) is 20.9. The Morgan fingerprint density at radius 3 is 1.45 bits per heavy atom. The van der Waals surface area contributed by atoms with Crippen LogP contribution in [0.3, 0.4) is 0 Å². The summed E-state index contributed by atoms with van der Waals surface area (Å²) in [6.45, 7) is 5.30. The number of hydrogen-bond acceptors (Lipinski definition) is 1. The van der Waals surface area contributed by atoms with Crippen molar-refractivity contribution in [3.05, 3.63) is 35.4 Å². The predicted octanol–water partition coefficient (Wildman–Crippen LogP) is 9.02. The van der Waals surface area contributed by atoms with Crippen molar-refractivity contribution in [2.24, 2.45) is 0 Å². The summed E-state index contributed by atoms with van der Waals surface area (Å²) in [6.07, 6.45) is 25.6. The highest BCUT2D eigenvalue weighted by molar-refractivity contribution is 5.94. The molecule has 0 atom stereocenters. The number of carbonyl (C=O) groups is 1. The lowest BCUT2D eigenvalue weighted by Crippen LogP contribution is -2.24. The zero-order valence-corrected chi connectivity index (χ0v) is 20.9. The van der Waals surface area contributed by atoms with Crippen LogP contribution in [0.4, 0.5) is 0 Å². The Hall–Kier alpha value is -1.31. The van der Waals surface area contributed by atoms with Crippen LogP contribution in [-0.2, 0) is 6.42 Å². The minimum absolute atomic E-state index is 0.0722. The lowest BCUT2D eigenvalue weighted by atomic mass is 10.0. The average Bonchev–Trinajstić information content (AvgIpc) is 2.80. The summed E-state index contributed by atoms with van der Waals surface area (Å²) in [6, 6.07) is 8.13. The van der Waals surface area contributed by atoms with E-state index in [4.69, 9.17) is 0 Å². The van der Waals surface area contributed by atoms with Gasteiger partial charge in [-0.3, -0.25) is 4.79 Å². The van der Waals surface area contributed by atoms with Crippen molar-refractivity contribution in [3.8, 4) is 0 Å². The molecule has 1 N–H and O–H groups in total. The highest BCUT2D eigenvalue weighted by Gasteiger charge is 2.04. The zero-order chi connectivity index (χ0) is 22.4. The third kappa shape index (κ3) is 16.0. The molecule has 0 radical (unpaired) electrons. The van der Waals surface area contributed by atoms with Gasteiger partial charge in [-0.2, -0.15) is 0 Å². The Kier molecular flexibility index (Phi) is 18.4. The van der Waals surface area contributed by atoms with Gasteiger partial charge in [-0.05, 0) is 37.0 Å². The number of benzene rings is 1. The van der Waals surface area contributed by atoms with Crippen molar-refractivity contribution in [3.63, 3.8) is 0 Å². The van der Waals surface area contributed by atoms with Gasteiger partial charge in [0.05, 0.1) is 0 Å². The lowest BCUT2D eigenvalue weighted by molar-refractivity contribution is 0.0953. The second-order valence-corrected chi connectivity index (χ2v) is 9.36. The van der Waals surface area contributed by atoms with E-state index in [1.807, 2.05) is 12.1 Å². The number of aryl methyl sites for hydroxylation is 1. The Bertz CT molecular complexity index is 522. The van der Waals surface area contributed by atoms with E-state index in [9.17, 15) is 4.79 Å². The lowest BCUT2D eigenvalue weighted by Gasteiger charge is -2.07. The third-order valence-corrected chi connectivity index (χ3v) is 6.35. The van der Waals surface area contributed by atoms with Crippen molar-refractivity contribution < 1.29 is 4.79 Å². The van der Waals surface area contributed by atoms with Gasteiger partial charge in [0, 0.05) is 12.1 Å². The summed E-state index contributed by atoms with van der Waals surface area (Å²) in [7, 11) is 0. The molecule has 0 spiro atoms. The van der Waals surface area contributed by atoms with Gasteiger partial charge in [0.15, 0.2) is 0 Å². The van der Waals surface area contributed by atoms with E-state index in [1.54, 1.807) is 0 Å². The van der Waals surface area contributed by atoms with Crippen molar-refractivity contribution in [1.82, 2.24) is 5.32 Å². The van der Waals surface area contributed by atoms with Crippen LogP contribution in [0.1, 0.15) is 145 Å². The molecule has 0 aliphatic carbocycles. The van der Waals surface area contributed by atoms with Crippen molar-refractivity contribution >= 4 is 5.91 Å². The molecule has 1 amide bonds. The molecule has 0 fully saturated rings. The first-order valence-electron chi connectivity index (χ1n) is 13.6. The Labute approximate surface area is 194 Å². The molecule has 0 bridgehead atoms. The average molecular weight is 430 g/mol. The predicted molar refractivity (Wildman–Crippen MR) is 137 cm³/mol. The van der Waals surface area contributed by atoms with Crippen LogP contribution >= 0.6 is 0 Å². The van der Waals surface area contributed by atoms with Gasteiger partial charge in [-0.1, -0.05) is 129 Å². The summed E-state index contributed by atoms with van der Waals surface area (Å²) >= 11 is 0. The Balaban J connectivity index is 1.85. The van der Waals surface area contributed by atoms with Crippen LogP contribution in [0.15, 0.2) is 24.3 Å². The number of unbranched alkanes of at least 4 members (excludes halogenated alkanes) is 16. The Morgan fingerprint density at radius 2 is 1.00 bits per heavy atom. The van der Waals surface area contributed by atoms with E-state index in [0.717, 1.165) is 24.9 Å². The Morgan fingerprint density at radius 1 is 0.581 bits per heavy atom. The summed E-state index contributed by atoms with van der Waals surface area (Å²) < 4.78 is 0. The second kappa shape index (κ2) is 20.6. The maximum atomic E-state index is 12.2. The highest BCUT2D eigenvalue weighted by Crippen LogP contribution is 2.14. The maximum absolute atomic E-state index is 12.2. The van der Waals surface area contributed by atoms with Gasteiger partial charge in [-0.25, -0.2) is 0 Å². The third-order valence-electron chi connectivity index (χ3n) is 6.35. The SMILES string of the molecule is CCCCCCCCCCCCCCCCCCNC(=O)c1ccc(CCCC)cc1. The van der Waals surface area contributed by atoms with E-state index >= 15 is 0 Å². The van der Waals surface area contributed by atoms with E-state index < -0.39 is 0 Å². The van der Waals surface area contributed by atoms with Gasteiger partial charge >= 0.3 is 0 Å². The van der Waals surface area contributed by atoms with E-state index in [1.165, 1.54) is 115 Å². The fourth-order valence-electron chi connectivity index (χ4n) is 4.18. The molecule has 0 saturated carbocycles. The molecule has 0 aliphatic heterocycles. The topological polar surface area (TPSA) is 29.1 Å². The first-order valence-corrected chi connectivity index (χ1v) is 13.6. The summed E-state index contributed by atoms with van der Waals surface area (Å²) in [5, 5.41) is 3.07. The summed E-state index contributed by atoms with van der Waals surface area (Å²) in [4.78, 5) is 12.2. The molecule has 0 unspecified atom stereocenters. The number of nitrogens with one attached hydrogen (secondary N) is 1. The summed E-state index contributed by atoms with van der Waals surface area (Å²) in [5.74, 6) is 0.0722.